The first kappa shape index (κ1) is 24.2. The van der Waals surface area contributed by atoms with Gasteiger partial charge < -0.3 is 10.2 Å². The zero-order chi connectivity index (χ0) is 21.9. The molecule has 0 fully saturated rings. The number of halogens is 2. The second-order valence-corrected chi connectivity index (χ2v) is 8.40. The fourth-order valence-corrected chi connectivity index (χ4v) is 3.99. The Labute approximate surface area is 187 Å². The van der Waals surface area contributed by atoms with Gasteiger partial charge in [-0.2, -0.15) is 0 Å². The van der Waals surface area contributed by atoms with Gasteiger partial charge in [0.05, 0.1) is 5.75 Å². The predicted molar refractivity (Wildman–Crippen MR) is 122 cm³/mol. The van der Waals surface area contributed by atoms with Crippen LogP contribution in [-0.2, 0) is 21.9 Å². The van der Waals surface area contributed by atoms with E-state index >= 15 is 0 Å². The summed E-state index contributed by atoms with van der Waals surface area (Å²) in [5.41, 5.74) is 1.87. The Morgan fingerprint density at radius 1 is 1.07 bits per heavy atom. The Hall–Kier alpha value is -2.05. The summed E-state index contributed by atoms with van der Waals surface area (Å²) in [5.74, 6) is 0.324. The van der Waals surface area contributed by atoms with Crippen molar-refractivity contribution in [1.82, 2.24) is 10.2 Å². The molecule has 1 N–H and O–H groups in total. The van der Waals surface area contributed by atoms with Gasteiger partial charge in [0.25, 0.3) is 0 Å². The average Bonchev–Trinajstić information content (AvgIpc) is 2.74. The molecule has 2 rings (SSSR count). The summed E-state index contributed by atoms with van der Waals surface area (Å²) in [6, 6.07) is 13.0. The van der Waals surface area contributed by atoms with Crippen molar-refractivity contribution < 1.29 is 14.0 Å². The average molecular weight is 451 g/mol. The summed E-state index contributed by atoms with van der Waals surface area (Å²) < 4.78 is 13.3. The van der Waals surface area contributed by atoms with Gasteiger partial charge in [-0.05, 0) is 48.2 Å². The van der Waals surface area contributed by atoms with Crippen LogP contribution >= 0.6 is 23.4 Å². The van der Waals surface area contributed by atoms with Crippen molar-refractivity contribution in [2.24, 2.45) is 0 Å². The first-order valence-electron chi connectivity index (χ1n) is 10.1. The number of carbonyl (C=O) groups is 2. The third kappa shape index (κ3) is 7.65. The number of carbonyl (C=O) groups excluding carboxylic acids is 2. The van der Waals surface area contributed by atoms with Crippen LogP contribution in [0.4, 0.5) is 4.39 Å². The Morgan fingerprint density at radius 2 is 1.70 bits per heavy atom. The lowest BCUT2D eigenvalue weighted by atomic mass is 10.1. The van der Waals surface area contributed by atoms with Crippen LogP contribution in [0.5, 0.6) is 0 Å². The SMILES string of the molecule is CCCNC(=O)[C@H](CC)N(Cc1ccc(F)cc1)C(=O)CSCc1ccc(Cl)cc1. The minimum atomic E-state index is -0.565. The van der Waals surface area contributed by atoms with Crippen molar-refractivity contribution in [3.63, 3.8) is 0 Å². The molecule has 1 atom stereocenters. The van der Waals surface area contributed by atoms with E-state index in [-0.39, 0.29) is 29.9 Å². The van der Waals surface area contributed by atoms with Gasteiger partial charge >= 0.3 is 0 Å². The van der Waals surface area contributed by atoms with Crippen LogP contribution in [0.2, 0.25) is 5.02 Å². The van der Waals surface area contributed by atoms with E-state index in [0.29, 0.717) is 23.7 Å². The van der Waals surface area contributed by atoms with Crippen molar-refractivity contribution in [2.75, 3.05) is 12.3 Å². The van der Waals surface area contributed by atoms with Crippen LogP contribution in [0, 0.1) is 5.82 Å². The van der Waals surface area contributed by atoms with E-state index in [1.807, 2.05) is 38.1 Å². The molecule has 30 heavy (non-hydrogen) atoms. The minimum Gasteiger partial charge on any atom is -0.354 e. The highest BCUT2D eigenvalue weighted by atomic mass is 35.5. The van der Waals surface area contributed by atoms with Crippen molar-refractivity contribution in [1.29, 1.82) is 0 Å². The van der Waals surface area contributed by atoms with Gasteiger partial charge in [0.2, 0.25) is 11.8 Å². The quantitative estimate of drug-likeness (QED) is 0.521. The van der Waals surface area contributed by atoms with E-state index < -0.39 is 6.04 Å². The van der Waals surface area contributed by atoms with E-state index in [0.717, 1.165) is 17.5 Å². The molecular weight excluding hydrogens is 423 g/mol. The van der Waals surface area contributed by atoms with Crippen LogP contribution in [-0.4, -0.2) is 35.1 Å². The van der Waals surface area contributed by atoms with Gasteiger partial charge in [0.15, 0.2) is 0 Å². The number of benzene rings is 2. The van der Waals surface area contributed by atoms with Crippen LogP contribution < -0.4 is 5.32 Å². The first-order chi connectivity index (χ1) is 14.4. The van der Waals surface area contributed by atoms with Gasteiger partial charge in [-0.1, -0.05) is 49.7 Å². The summed E-state index contributed by atoms with van der Waals surface area (Å²) >= 11 is 7.41. The smallest absolute Gasteiger partial charge is 0.242 e. The maximum atomic E-state index is 13.3. The van der Waals surface area contributed by atoms with Crippen LogP contribution in [0.3, 0.4) is 0 Å². The third-order valence-corrected chi connectivity index (χ3v) is 5.85. The van der Waals surface area contributed by atoms with E-state index in [4.69, 9.17) is 11.6 Å². The number of nitrogens with one attached hydrogen (secondary N) is 1. The highest BCUT2D eigenvalue weighted by Crippen LogP contribution is 2.19. The summed E-state index contributed by atoms with van der Waals surface area (Å²) in [6.07, 6.45) is 1.33. The molecule has 0 aliphatic carbocycles. The van der Waals surface area contributed by atoms with Crippen LogP contribution in [0.1, 0.15) is 37.8 Å². The normalized spacial score (nSPS) is 11.7. The summed E-state index contributed by atoms with van der Waals surface area (Å²) in [6.45, 7) is 4.70. The molecule has 0 bridgehead atoms. The molecule has 0 saturated carbocycles. The number of amides is 2. The van der Waals surface area contributed by atoms with Gasteiger partial charge in [-0.25, -0.2) is 4.39 Å². The predicted octanol–water partition coefficient (Wildman–Crippen LogP) is 5.05. The molecule has 0 heterocycles. The van der Waals surface area contributed by atoms with E-state index in [1.165, 1.54) is 23.9 Å². The highest BCUT2D eigenvalue weighted by Gasteiger charge is 2.28. The molecule has 2 amide bonds. The number of hydrogen-bond acceptors (Lipinski definition) is 3. The van der Waals surface area contributed by atoms with E-state index in [2.05, 4.69) is 5.32 Å². The minimum absolute atomic E-state index is 0.114. The highest BCUT2D eigenvalue weighted by molar-refractivity contribution is 7.99. The first-order valence-corrected chi connectivity index (χ1v) is 11.6. The van der Waals surface area contributed by atoms with Gasteiger partial charge in [0.1, 0.15) is 11.9 Å². The molecule has 2 aromatic rings. The molecule has 0 aromatic heterocycles. The molecule has 0 saturated heterocycles. The second-order valence-electron chi connectivity index (χ2n) is 6.98. The van der Waals surface area contributed by atoms with E-state index in [1.54, 1.807) is 17.0 Å². The largest absolute Gasteiger partial charge is 0.354 e. The Bertz CT molecular complexity index is 815. The third-order valence-electron chi connectivity index (χ3n) is 4.61. The Balaban J connectivity index is 2.09. The molecule has 2 aromatic carbocycles. The molecule has 0 radical (unpaired) electrons. The maximum absolute atomic E-state index is 13.3. The Kier molecular flexibility index (Phi) is 10.2. The van der Waals surface area contributed by atoms with Crippen molar-refractivity contribution in [2.45, 2.75) is 45.0 Å². The van der Waals surface area contributed by atoms with E-state index in [9.17, 15) is 14.0 Å². The standard InChI is InChI=1S/C23H28ClFN2O2S/c1-3-13-26-23(29)21(4-2)27(14-17-7-11-20(25)12-8-17)22(28)16-30-15-18-5-9-19(24)10-6-18/h5-12,21H,3-4,13-16H2,1-2H3,(H,26,29)/t21-/m0/s1. The number of hydrogen-bond donors (Lipinski definition) is 1. The summed E-state index contributed by atoms with van der Waals surface area (Å²) in [7, 11) is 0. The van der Waals surface area contributed by atoms with Crippen LogP contribution in [0.25, 0.3) is 0 Å². The second kappa shape index (κ2) is 12.6. The van der Waals surface area contributed by atoms with Crippen LogP contribution in [0.15, 0.2) is 48.5 Å². The van der Waals surface area contributed by atoms with Crippen molar-refractivity contribution in [3.05, 3.63) is 70.5 Å². The monoisotopic (exact) mass is 450 g/mol. The molecule has 162 valence electrons. The topological polar surface area (TPSA) is 49.4 Å². The lowest BCUT2D eigenvalue weighted by Gasteiger charge is -2.30. The lowest BCUT2D eigenvalue weighted by Crippen LogP contribution is -2.49. The summed E-state index contributed by atoms with van der Waals surface area (Å²) in [5, 5.41) is 3.56. The number of rotatable bonds is 11. The van der Waals surface area contributed by atoms with Gasteiger partial charge in [-0.15, -0.1) is 11.8 Å². The molecule has 0 aliphatic rings. The molecular formula is C23H28ClFN2O2S. The molecule has 4 nitrogen and oxygen atoms in total. The van der Waals surface area contributed by atoms with Crippen molar-refractivity contribution >= 4 is 35.2 Å². The summed E-state index contributed by atoms with van der Waals surface area (Å²) in [4.78, 5) is 27.3. The maximum Gasteiger partial charge on any atom is 0.242 e. The van der Waals surface area contributed by atoms with Crippen molar-refractivity contribution in [3.8, 4) is 0 Å². The lowest BCUT2D eigenvalue weighted by molar-refractivity contribution is -0.139. The number of nitrogens with zero attached hydrogens (tertiary/aromatic N) is 1. The molecule has 0 spiro atoms. The fraction of sp³-hybridized carbons (Fsp3) is 0.391. The fourth-order valence-electron chi connectivity index (χ4n) is 2.99. The number of thioether (sulfide) groups is 1. The molecule has 0 unspecified atom stereocenters. The zero-order valence-electron chi connectivity index (χ0n) is 17.4. The van der Waals surface area contributed by atoms with Gasteiger partial charge in [-0.3, -0.25) is 9.59 Å². The van der Waals surface area contributed by atoms with Gasteiger partial charge in [0, 0.05) is 23.9 Å². The Morgan fingerprint density at radius 3 is 2.30 bits per heavy atom. The zero-order valence-corrected chi connectivity index (χ0v) is 18.9. The molecule has 0 aliphatic heterocycles. The molecule has 7 heteroatoms.